The summed E-state index contributed by atoms with van der Waals surface area (Å²) < 4.78 is 5.23. The summed E-state index contributed by atoms with van der Waals surface area (Å²) in [7, 11) is 1.67. The van der Waals surface area contributed by atoms with Crippen LogP contribution in [0.3, 0.4) is 0 Å². The lowest BCUT2D eigenvalue weighted by Crippen LogP contribution is -2.31. The summed E-state index contributed by atoms with van der Waals surface area (Å²) >= 11 is 0. The molecule has 0 amide bonds. The van der Waals surface area contributed by atoms with Gasteiger partial charge < -0.3 is 9.64 Å². The van der Waals surface area contributed by atoms with Crippen LogP contribution in [0.15, 0.2) is 48.8 Å². The summed E-state index contributed by atoms with van der Waals surface area (Å²) in [6, 6.07) is 12.2. The monoisotopic (exact) mass is 468 g/mol. The maximum atomic E-state index is 5.23. The zero-order chi connectivity index (χ0) is 24.4. The van der Waals surface area contributed by atoms with Crippen LogP contribution in [0.5, 0.6) is 5.75 Å². The average molecular weight is 469 g/mol. The largest absolute Gasteiger partial charge is 0.497 e. The molecule has 7 heteroatoms. The van der Waals surface area contributed by atoms with E-state index in [1.165, 1.54) is 11.1 Å². The number of hydrogen-bond donors (Lipinski definition) is 0. The molecule has 0 unspecified atom stereocenters. The van der Waals surface area contributed by atoms with Gasteiger partial charge in [-0.3, -0.25) is 4.90 Å². The number of benzene rings is 2. The predicted molar refractivity (Wildman–Crippen MR) is 140 cm³/mol. The van der Waals surface area contributed by atoms with Crippen molar-refractivity contribution in [2.24, 2.45) is 0 Å². The Bertz CT molecular complexity index is 1320. The van der Waals surface area contributed by atoms with E-state index in [0.717, 1.165) is 84.4 Å². The van der Waals surface area contributed by atoms with Crippen molar-refractivity contribution in [3.8, 4) is 17.1 Å². The molecule has 2 aromatic heterocycles. The summed E-state index contributed by atoms with van der Waals surface area (Å²) in [4.78, 5) is 23.8. The highest BCUT2D eigenvalue weighted by molar-refractivity contribution is 5.83. The summed E-state index contributed by atoms with van der Waals surface area (Å²) in [6.45, 7) is 11.1. The number of hydrogen-bond acceptors (Lipinski definition) is 7. The average Bonchev–Trinajstić information content (AvgIpc) is 3.11. The van der Waals surface area contributed by atoms with Crippen molar-refractivity contribution in [2.45, 2.75) is 33.7 Å². The van der Waals surface area contributed by atoms with E-state index in [9.17, 15) is 0 Å². The molecule has 1 saturated heterocycles. The van der Waals surface area contributed by atoms with Crippen molar-refractivity contribution in [1.29, 1.82) is 0 Å². The first-order valence-corrected chi connectivity index (χ1v) is 12.2. The van der Waals surface area contributed by atoms with Gasteiger partial charge in [0.1, 0.15) is 5.75 Å². The van der Waals surface area contributed by atoms with E-state index in [-0.39, 0.29) is 0 Å². The molecule has 7 nitrogen and oxygen atoms in total. The Morgan fingerprint density at radius 1 is 0.857 bits per heavy atom. The Balaban J connectivity index is 1.25. The van der Waals surface area contributed by atoms with Crippen LogP contribution in [0.1, 0.15) is 28.8 Å². The first-order valence-electron chi connectivity index (χ1n) is 12.2. The molecule has 5 rings (SSSR count). The maximum Gasteiger partial charge on any atom is 0.226 e. The fraction of sp³-hybridized carbons (Fsp3) is 0.357. The molecule has 0 saturated carbocycles. The van der Waals surface area contributed by atoms with E-state index >= 15 is 0 Å². The Morgan fingerprint density at radius 3 is 2.34 bits per heavy atom. The van der Waals surface area contributed by atoms with Gasteiger partial charge in [0.05, 0.1) is 18.3 Å². The molecule has 1 fully saturated rings. The second-order valence-electron chi connectivity index (χ2n) is 9.32. The highest BCUT2D eigenvalue weighted by Gasteiger charge is 2.19. The molecule has 3 heterocycles. The van der Waals surface area contributed by atoms with Gasteiger partial charge in [-0.25, -0.2) is 19.9 Å². The van der Waals surface area contributed by atoms with Gasteiger partial charge in [-0.2, -0.15) is 0 Å². The first-order chi connectivity index (χ1) is 17.0. The molecular weight excluding hydrogens is 436 g/mol. The molecule has 0 radical (unpaired) electrons. The zero-order valence-electron chi connectivity index (χ0n) is 21.0. The molecule has 0 spiro atoms. The van der Waals surface area contributed by atoms with Crippen LogP contribution in [-0.4, -0.2) is 58.1 Å². The van der Waals surface area contributed by atoms with Crippen molar-refractivity contribution in [3.05, 3.63) is 71.2 Å². The molecule has 1 aliphatic heterocycles. The van der Waals surface area contributed by atoms with Crippen molar-refractivity contribution in [3.63, 3.8) is 0 Å². The Kier molecular flexibility index (Phi) is 6.59. The zero-order valence-corrected chi connectivity index (χ0v) is 21.0. The van der Waals surface area contributed by atoms with Gasteiger partial charge in [-0.15, -0.1) is 0 Å². The lowest BCUT2D eigenvalue weighted by Gasteiger charge is -2.22. The summed E-state index contributed by atoms with van der Waals surface area (Å²) in [5, 5.41) is 1.14. The normalized spacial score (nSPS) is 14.8. The fourth-order valence-electron chi connectivity index (χ4n) is 4.58. The van der Waals surface area contributed by atoms with E-state index in [0.29, 0.717) is 0 Å². The number of methoxy groups -OCH3 is 1. The van der Waals surface area contributed by atoms with Gasteiger partial charge >= 0.3 is 0 Å². The number of ether oxygens (including phenoxy) is 1. The molecule has 2 aromatic carbocycles. The topological polar surface area (TPSA) is 67.3 Å². The lowest BCUT2D eigenvalue weighted by molar-refractivity contribution is 0.285. The smallest absolute Gasteiger partial charge is 0.226 e. The van der Waals surface area contributed by atoms with Gasteiger partial charge in [-0.05, 0) is 74.7 Å². The van der Waals surface area contributed by atoms with Crippen LogP contribution in [0, 0.1) is 20.8 Å². The molecule has 0 aliphatic carbocycles. The van der Waals surface area contributed by atoms with Gasteiger partial charge in [0.15, 0.2) is 5.82 Å². The van der Waals surface area contributed by atoms with Crippen LogP contribution in [-0.2, 0) is 6.54 Å². The second-order valence-corrected chi connectivity index (χ2v) is 9.32. The minimum Gasteiger partial charge on any atom is -0.497 e. The number of aryl methyl sites for hydroxylation is 3. The van der Waals surface area contributed by atoms with Crippen LogP contribution < -0.4 is 9.64 Å². The fourth-order valence-corrected chi connectivity index (χ4v) is 4.58. The SMILES string of the molecule is COc1ccc(-c2ncc(CN3CCCN(c4nc(C)c5cc(C)c(C)cc5n4)CC3)cn2)cc1. The van der Waals surface area contributed by atoms with Crippen LogP contribution >= 0.6 is 0 Å². The molecule has 0 bridgehead atoms. The molecular formula is C28H32N6O. The molecule has 0 atom stereocenters. The van der Waals surface area contributed by atoms with E-state index < -0.39 is 0 Å². The summed E-state index contributed by atoms with van der Waals surface area (Å²) in [5.74, 6) is 2.40. The number of anilines is 1. The van der Waals surface area contributed by atoms with Gasteiger partial charge in [-0.1, -0.05) is 0 Å². The number of rotatable bonds is 5. The maximum absolute atomic E-state index is 5.23. The van der Waals surface area contributed by atoms with E-state index in [4.69, 9.17) is 14.7 Å². The Labute approximate surface area is 206 Å². The minimum absolute atomic E-state index is 0.729. The number of fused-ring (bicyclic) bond motifs is 1. The summed E-state index contributed by atoms with van der Waals surface area (Å²) in [6.07, 6.45) is 4.95. The molecule has 4 aromatic rings. The second kappa shape index (κ2) is 9.96. The van der Waals surface area contributed by atoms with Gasteiger partial charge in [0.2, 0.25) is 5.95 Å². The predicted octanol–water partition coefficient (Wildman–Crippen LogP) is 4.73. The van der Waals surface area contributed by atoms with Gasteiger partial charge in [0, 0.05) is 61.6 Å². The minimum atomic E-state index is 0.729. The highest BCUT2D eigenvalue weighted by Crippen LogP contribution is 2.24. The van der Waals surface area contributed by atoms with Crippen molar-refractivity contribution in [1.82, 2.24) is 24.8 Å². The highest BCUT2D eigenvalue weighted by atomic mass is 16.5. The third-order valence-electron chi connectivity index (χ3n) is 6.82. The Morgan fingerprint density at radius 2 is 1.60 bits per heavy atom. The molecule has 1 aliphatic rings. The van der Waals surface area contributed by atoms with E-state index in [1.807, 2.05) is 36.7 Å². The van der Waals surface area contributed by atoms with Crippen LogP contribution in [0.2, 0.25) is 0 Å². The first kappa shape index (κ1) is 23.2. The van der Waals surface area contributed by atoms with Gasteiger partial charge in [0.25, 0.3) is 0 Å². The van der Waals surface area contributed by atoms with Crippen LogP contribution in [0.4, 0.5) is 5.95 Å². The lowest BCUT2D eigenvalue weighted by atomic mass is 10.1. The number of aromatic nitrogens is 4. The standard InChI is InChI=1S/C28H32N6O/c1-19-14-25-21(3)31-28(32-26(25)15-20(19)2)34-11-5-10-33(12-13-34)18-22-16-29-27(30-17-22)23-6-8-24(35-4)9-7-23/h6-9,14-17H,5,10-13,18H2,1-4H3. The summed E-state index contributed by atoms with van der Waals surface area (Å²) in [5.41, 5.74) is 6.74. The van der Waals surface area contributed by atoms with E-state index in [2.05, 4.69) is 52.7 Å². The molecule has 35 heavy (non-hydrogen) atoms. The van der Waals surface area contributed by atoms with Crippen LogP contribution in [0.25, 0.3) is 22.3 Å². The van der Waals surface area contributed by atoms with E-state index in [1.54, 1.807) is 7.11 Å². The third kappa shape index (κ3) is 5.10. The number of nitrogens with zero attached hydrogens (tertiary/aromatic N) is 6. The third-order valence-corrected chi connectivity index (χ3v) is 6.82. The Hall–Kier alpha value is -3.58. The molecule has 0 N–H and O–H groups in total. The quantitative estimate of drug-likeness (QED) is 0.419. The molecule has 180 valence electrons. The van der Waals surface area contributed by atoms with Crippen molar-refractivity contribution in [2.75, 3.05) is 38.2 Å². The van der Waals surface area contributed by atoms with Crippen molar-refractivity contribution < 1.29 is 4.74 Å². The van der Waals surface area contributed by atoms with Crippen molar-refractivity contribution >= 4 is 16.9 Å².